The van der Waals surface area contributed by atoms with Crippen molar-refractivity contribution in [2.24, 2.45) is 5.92 Å². The Balaban J connectivity index is 2.18. The molecule has 2 aliphatic rings. The molecule has 0 aliphatic heterocycles. The summed E-state index contributed by atoms with van der Waals surface area (Å²) in [5, 5.41) is 8.76. The first-order valence-electron chi connectivity index (χ1n) is 4.53. The molecule has 0 bridgehead atoms. The van der Waals surface area contributed by atoms with Gasteiger partial charge in [0.2, 0.25) is 0 Å². The van der Waals surface area contributed by atoms with Crippen LogP contribution in [0.2, 0.25) is 0 Å². The number of allylic oxidation sites excluding steroid dienone is 4. The Morgan fingerprint density at radius 2 is 2.14 bits per heavy atom. The van der Waals surface area contributed by atoms with E-state index in [9.17, 15) is 13.6 Å². The molecule has 0 saturated heterocycles. The molecule has 0 saturated carbocycles. The topological polar surface area (TPSA) is 37.3 Å². The van der Waals surface area contributed by atoms with E-state index in [1.807, 2.05) is 0 Å². The van der Waals surface area contributed by atoms with Crippen LogP contribution in [0.3, 0.4) is 0 Å². The summed E-state index contributed by atoms with van der Waals surface area (Å²) in [7, 11) is 0. The van der Waals surface area contributed by atoms with E-state index in [2.05, 4.69) is 0 Å². The number of alkyl halides is 1. The lowest BCUT2D eigenvalue weighted by atomic mass is 9.98. The fourth-order valence-electron chi connectivity index (χ4n) is 2.03. The van der Waals surface area contributed by atoms with E-state index in [0.717, 1.165) is 11.6 Å². The summed E-state index contributed by atoms with van der Waals surface area (Å²) in [6, 6.07) is 0. The molecule has 76 valence electrons. The van der Waals surface area contributed by atoms with Gasteiger partial charge in [0.1, 0.15) is 5.83 Å². The van der Waals surface area contributed by atoms with E-state index in [-0.39, 0.29) is 6.42 Å². The Bertz CT molecular complexity index is 344. The summed E-state index contributed by atoms with van der Waals surface area (Å²) in [6.07, 6.45) is 0.328. The fourth-order valence-corrected chi connectivity index (χ4v) is 2.03. The average Bonchev–Trinajstić information content (AvgIpc) is 2.48. The van der Waals surface area contributed by atoms with E-state index in [4.69, 9.17) is 5.11 Å². The molecule has 0 amide bonds. The average molecular weight is 200 g/mol. The van der Waals surface area contributed by atoms with Gasteiger partial charge in [-0.25, -0.2) is 8.78 Å². The van der Waals surface area contributed by atoms with Crippen LogP contribution >= 0.6 is 0 Å². The van der Waals surface area contributed by atoms with Crippen LogP contribution in [0.25, 0.3) is 0 Å². The van der Waals surface area contributed by atoms with Crippen molar-refractivity contribution in [2.45, 2.75) is 25.4 Å². The van der Waals surface area contributed by atoms with E-state index < -0.39 is 23.9 Å². The third-order valence-corrected chi connectivity index (χ3v) is 2.80. The van der Waals surface area contributed by atoms with E-state index in [1.54, 1.807) is 0 Å². The third-order valence-electron chi connectivity index (χ3n) is 2.80. The maximum atomic E-state index is 12.9. The van der Waals surface area contributed by atoms with Crippen molar-refractivity contribution in [1.29, 1.82) is 0 Å². The normalized spacial score (nSPS) is 31.4. The number of carbonyl (C=O) groups is 1. The summed E-state index contributed by atoms with van der Waals surface area (Å²) in [4.78, 5) is 10.7. The van der Waals surface area contributed by atoms with Crippen molar-refractivity contribution in [3.8, 4) is 0 Å². The van der Waals surface area contributed by atoms with Gasteiger partial charge in [-0.05, 0) is 24.5 Å². The van der Waals surface area contributed by atoms with Gasteiger partial charge >= 0.3 is 5.97 Å². The van der Waals surface area contributed by atoms with Gasteiger partial charge < -0.3 is 5.11 Å². The summed E-state index contributed by atoms with van der Waals surface area (Å²) < 4.78 is 25.8. The van der Waals surface area contributed by atoms with Crippen molar-refractivity contribution in [3.05, 3.63) is 23.0 Å². The Morgan fingerprint density at radius 3 is 2.79 bits per heavy atom. The van der Waals surface area contributed by atoms with Gasteiger partial charge in [-0.15, -0.1) is 0 Å². The Kier molecular flexibility index (Phi) is 2.13. The van der Waals surface area contributed by atoms with Crippen LogP contribution in [0, 0.1) is 5.92 Å². The fraction of sp³-hybridized carbons (Fsp3) is 0.500. The highest BCUT2D eigenvalue weighted by Crippen LogP contribution is 2.40. The number of aliphatic carboxylic acids is 1. The standard InChI is InChI=1S/C10H10F2O2/c11-8-3-5-1-7(10(13)14)2-6(5)4-9(8)12/h3,7,9H,1-2,4H2,(H,13,14). The molecule has 2 unspecified atom stereocenters. The Labute approximate surface area is 79.9 Å². The van der Waals surface area contributed by atoms with Gasteiger partial charge in [0, 0.05) is 6.42 Å². The molecule has 0 radical (unpaired) electrons. The first-order valence-corrected chi connectivity index (χ1v) is 4.53. The van der Waals surface area contributed by atoms with Crippen molar-refractivity contribution >= 4 is 5.97 Å². The van der Waals surface area contributed by atoms with Crippen LogP contribution in [0.4, 0.5) is 8.78 Å². The lowest BCUT2D eigenvalue weighted by Crippen LogP contribution is -2.10. The largest absolute Gasteiger partial charge is 0.481 e. The predicted molar refractivity (Wildman–Crippen MR) is 46.1 cm³/mol. The SMILES string of the molecule is O=C(O)C1CC2=C(CC(F)C(F)=C2)C1. The highest BCUT2D eigenvalue weighted by Gasteiger charge is 2.33. The second-order valence-corrected chi connectivity index (χ2v) is 3.77. The van der Waals surface area contributed by atoms with Gasteiger partial charge in [-0.3, -0.25) is 4.79 Å². The first-order chi connectivity index (χ1) is 6.58. The van der Waals surface area contributed by atoms with Crippen molar-refractivity contribution < 1.29 is 18.7 Å². The molecule has 0 fully saturated rings. The zero-order chi connectivity index (χ0) is 10.3. The maximum absolute atomic E-state index is 12.9. The summed E-state index contributed by atoms with van der Waals surface area (Å²) >= 11 is 0. The summed E-state index contributed by atoms with van der Waals surface area (Å²) in [6.45, 7) is 0. The number of halogens is 2. The summed E-state index contributed by atoms with van der Waals surface area (Å²) in [5.74, 6) is -2.15. The third kappa shape index (κ3) is 1.45. The molecule has 14 heavy (non-hydrogen) atoms. The second-order valence-electron chi connectivity index (χ2n) is 3.77. The van der Waals surface area contributed by atoms with E-state index in [1.165, 1.54) is 0 Å². The molecule has 0 spiro atoms. The first kappa shape index (κ1) is 9.37. The highest BCUT2D eigenvalue weighted by molar-refractivity contribution is 5.72. The highest BCUT2D eigenvalue weighted by atomic mass is 19.2. The molecule has 4 heteroatoms. The number of carboxylic acids is 1. The molecule has 0 heterocycles. The minimum Gasteiger partial charge on any atom is -0.481 e. The van der Waals surface area contributed by atoms with Gasteiger partial charge in [0.15, 0.2) is 6.17 Å². The molecule has 0 aromatic heterocycles. The molecular formula is C10H10F2O2. The maximum Gasteiger partial charge on any atom is 0.307 e. The lowest BCUT2D eigenvalue weighted by molar-refractivity contribution is -0.141. The van der Waals surface area contributed by atoms with Crippen molar-refractivity contribution in [2.75, 3.05) is 0 Å². The molecule has 2 aliphatic carbocycles. The van der Waals surface area contributed by atoms with E-state index >= 15 is 0 Å². The zero-order valence-corrected chi connectivity index (χ0v) is 7.46. The van der Waals surface area contributed by atoms with E-state index in [0.29, 0.717) is 18.4 Å². The number of rotatable bonds is 1. The molecule has 2 atom stereocenters. The molecule has 2 nitrogen and oxygen atoms in total. The second kappa shape index (κ2) is 3.19. The van der Waals surface area contributed by atoms with Crippen LogP contribution in [0.15, 0.2) is 23.0 Å². The Morgan fingerprint density at radius 1 is 1.43 bits per heavy atom. The monoisotopic (exact) mass is 200 g/mol. The lowest BCUT2D eigenvalue weighted by Gasteiger charge is -2.13. The quantitative estimate of drug-likeness (QED) is 0.705. The smallest absolute Gasteiger partial charge is 0.307 e. The van der Waals surface area contributed by atoms with Gasteiger partial charge in [0.05, 0.1) is 5.92 Å². The molecule has 0 aromatic rings. The van der Waals surface area contributed by atoms with Gasteiger partial charge in [0.25, 0.3) is 0 Å². The van der Waals surface area contributed by atoms with Crippen LogP contribution in [-0.2, 0) is 4.79 Å². The number of carboxylic acid groups (broad SMARTS) is 1. The van der Waals surface area contributed by atoms with Crippen molar-refractivity contribution in [3.63, 3.8) is 0 Å². The van der Waals surface area contributed by atoms with Gasteiger partial charge in [-0.1, -0.05) is 5.57 Å². The minimum atomic E-state index is -1.57. The summed E-state index contributed by atoms with van der Waals surface area (Å²) in [5.41, 5.74) is 1.45. The van der Waals surface area contributed by atoms with Crippen molar-refractivity contribution in [1.82, 2.24) is 0 Å². The van der Waals surface area contributed by atoms with Gasteiger partial charge in [-0.2, -0.15) is 0 Å². The van der Waals surface area contributed by atoms with Crippen LogP contribution in [0.5, 0.6) is 0 Å². The molecule has 0 aromatic carbocycles. The van der Waals surface area contributed by atoms with Crippen LogP contribution in [0.1, 0.15) is 19.3 Å². The molecule has 2 rings (SSSR count). The van der Waals surface area contributed by atoms with Crippen LogP contribution in [-0.4, -0.2) is 17.2 Å². The zero-order valence-electron chi connectivity index (χ0n) is 7.46. The van der Waals surface area contributed by atoms with Crippen LogP contribution < -0.4 is 0 Å². The molecular weight excluding hydrogens is 190 g/mol. The Hall–Kier alpha value is -1.19. The minimum absolute atomic E-state index is 0.0292. The number of hydrogen-bond acceptors (Lipinski definition) is 1. The molecule has 1 N–H and O–H groups in total. The predicted octanol–water partition coefficient (Wildman–Crippen LogP) is 2.37. The number of hydrogen-bond donors (Lipinski definition) is 1.